The van der Waals surface area contributed by atoms with Crippen molar-refractivity contribution in [1.82, 2.24) is 19.8 Å². The van der Waals surface area contributed by atoms with Gasteiger partial charge in [0.15, 0.2) is 5.03 Å². The summed E-state index contributed by atoms with van der Waals surface area (Å²) in [7, 11) is 0.161. The minimum Gasteiger partial charge on any atom is -0.392 e. The molecule has 0 unspecified atom stereocenters. The number of aromatic nitrogens is 2. The zero-order valence-electron chi connectivity index (χ0n) is 12.7. The molecular formula is C12H24N4O3S. The summed E-state index contributed by atoms with van der Waals surface area (Å²) in [6.07, 6.45) is 0. The van der Waals surface area contributed by atoms with E-state index in [1.807, 2.05) is 32.8 Å². The van der Waals surface area contributed by atoms with Crippen molar-refractivity contribution >= 4 is 10.0 Å². The Labute approximate surface area is 120 Å². The van der Waals surface area contributed by atoms with Gasteiger partial charge in [0.1, 0.15) is 0 Å². The molecule has 0 spiro atoms. The molecule has 3 N–H and O–H groups in total. The van der Waals surface area contributed by atoms with E-state index in [2.05, 4.69) is 14.9 Å². The van der Waals surface area contributed by atoms with Crippen LogP contribution in [0.4, 0.5) is 0 Å². The van der Waals surface area contributed by atoms with Crippen LogP contribution in [0.3, 0.4) is 0 Å². The Morgan fingerprint density at radius 3 is 2.50 bits per heavy atom. The molecule has 20 heavy (non-hydrogen) atoms. The van der Waals surface area contributed by atoms with Gasteiger partial charge in [-0.25, -0.2) is 13.1 Å². The Hall–Kier alpha value is -0.960. The fraction of sp³-hybridized carbons (Fsp3) is 0.750. The van der Waals surface area contributed by atoms with E-state index in [1.165, 1.54) is 0 Å². The Morgan fingerprint density at radius 2 is 2.00 bits per heavy atom. The highest BCUT2D eigenvalue weighted by Crippen LogP contribution is 2.19. The molecule has 1 rings (SSSR count). The highest BCUT2D eigenvalue weighted by atomic mass is 32.2. The first-order chi connectivity index (χ1) is 9.09. The maximum atomic E-state index is 12.2. The monoisotopic (exact) mass is 304 g/mol. The van der Waals surface area contributed by atoms with Crippen LogP contribution in [-0.2, 0) is 16.6 Å². The number of H-pyrrole nitrogens is 1. The molecule has 1 heterocycles. The van der Waals surface area contributed by atoms with Gasteiger partial charge in [-0.15, -0.1) is 0 Å². The molecular weight excluding hydrogens is 280 g/mol. The summed E-state index contributed by atoms with van der Waals surface area (Å²) >= 11 is 0. The van der Waals surface area contributed by atoms with E-state index < -0.39 is 10.0 Å². The molecule has 0 aliphatic rings. The highest BCUT2D eigenvalue weighted by molar-refractivity contribution is 7.89. The van der Waals surface area contributed by atoms with Gasteiger partial charge in [0.25, 0.3) is 10.0 Å². The lowest BCUT2D eigenvalue weighted by Crippen LogP contribution is -2.40. The first-order valence-corrected chi connectivity index (χ1v) is 7.86. The smallest absolute Gasteiger partial charge is 0.260 e. The summed E-state index contributed by atoms with van der Waals surface area (Å²) in [4.78, 5) is 2.01. The number of aromatic amines is 1. The zero-order valence-corrected chi connectivity index (χ0v) is 13.5. The number of hydrogen-bond donors (Lipinski definition) is 3. The third-order valence-electron chi connectivity index (χ3n) is 2.93. The van der Waals surface area contributed by atoms with Crippen LogP contribution in [0.25, 0.3) is 0 Å². The molecule has 0 fully saturated rings. The molecule has 1 aromatic heterocycles. The van der Waals surface area contributed by atoms with Gasteiger partial charge in [-0.3, -0.25) is 5.10 Å². The van der Waals surface area contributed by atoms with Crippen molar-refractivity contribution in [2.75, 3.05) is 27.2 Å². The molecule has 0 bridgehead atoms. The summed E-state index contributed by atoms with van der Waals surface area (Å²) in [6, 6.07) is 0. The number of sulfonamides is 1. The first-order valence-electron chi connectivity index (χ1n) is 6.38. The van der Waals surface area contributed by atoms with E-state index in [0.717, 1.165) is 6.54 Å². The van der Waals surface area contributed by atoms with Crippen LogP contribution in [-0.4, -0.2) is 55.8 Å². The molecule has 8 heteroatoms. The third-order valence-corrected chi connectivity index (χ3v) is 4.30. The van der Waals surface area contributed by atoms with Crippen LogP contribution >= 0.6 is 0 Å². The molecule has 0 saturated carbocycles. The molecule has 0 amide bonds. The normalized spacial score (nSPS) is 13.2. The quantitative estimate of drug-likeness (QED) is 0.662. The molecule has 1 aromatic rings. The molecule has 7 nitrogen and oxygen atoms in total. The summed E-state index contributed by atoms with van der Waals surface area (Å²) < 4.78 is 27.0. The summed E-state index contributed by atoms with van der Waals surface area (Å²) in [5.41, 5.74) is 0.657. The molecule has 0 aliphatic carbocycles. The summed E-state index contributed by atoms with van der Waals surface area (Å²) in [6.45, 7) is 6.33. The Kier molecular flexibility index (Phi) is 5.31. The molecule has 0 radical (unpaired) electrons. The van der Waals surface area contributed by atoms with E-state index in [0.29, 0.717) is 17.8 Å². The van der Waals surface area contributed by atoms with Crippen LogP contribution < -0.4 is 4.72 Å². The van der Waals surface area contributed by atoms with Crippen LogP contribution in [0.5, 0.6) is 0 Å². The SMILES string of the molecule is Cc1[nH]nc(S(=O)(=O)NCC(C)(C)CN(C)C)c1CO. The van der Waals surface area contributed by atoms with Gasteiger partial charge in [0, 0.05) is 24.3 Å². The largest absolute Gasteiger partial charge is 0.392 e. The minimum atomic E-state index is -3.72. The van der Waals surface area contributed by atoms with Crippen molar-refractivity contribution in [3.63, 3.8) is 0 Å². The lowest BCUT2D eigenvalue weighted by atomic mass is 9.93. The van der Waals surface area contributed by atoms with Gasteiger partial charge < -0.3 is 10.0 Å². The first kappa shape index (κ1) is 17.1. The maximum Gasteiger partial charge on any atom is 0.260 e. The second kappa shape index (κ2) is 6.21. The van der Waals surface area contributed by atoms with Gasteiger partial charge in [0.2, 0.25) is 0 Å². The van der Waals surface area contributed by atoms with Gasteiger partial charge in [-0.05, 0) is 26.4 Å². The number of hydrogen-bond acceptors (Lipinski definition) is 5. The van der Waals surface area contributed by atoms with Gasteiger partial charge in [-0.2, -0.15) is 5.10 Å². The molecule has 0 aliphatic heterocycles. The Morgan fingerprint density at radius 1 is 1.40 bits per heavy atom. The van der Waals surface area contributed by atoms with Crippen molar-refractivity contribution in [2.45, 2.75) is 32.4 Å². The number of nitrogens with one attached hydrogen (secondary N) is 2. The van der Waals surface area contributed by atoms with Crippen molar-refractivity contribution in [1.29, 1.82) is 0 Å². The van der Waals surface area contributed by atoms with E-state index in [-0.39, 0.29) is 17.0 Å². The van der Waals surface area contributed by atoms with Crippen LogP contribution in [0, 0.1) is 12.3 Å². The number of aliphatic hydroxyl groups excluding tert-OH is 1. The number of aliphatic hydroxyl groups is 1. The van der Waals surface area contributed by atoms with E-state index in [4.69, 9.17) is 0 Å². The van der Waals surface area contributed by atoms with Crippen LogP contribution in [0.15, 0.2) is 5.03 Å². The number of nitrogens with zero attached hydrogens (tertiary/aromatic N) is 2. The predicted octanol–water partition coefficient (Wildman–Crippen LogP) is 0.0765. The Balaban J connectivity index is 2.85. The predicted molar refractivity (Wildman–Crippen MR) is 76.8 cm³/mol. The molecule has 116 valence electrons. The number of aryl methyl sites for hydroxylation is 1. The summed E-state index contributed by atoms with van der Waals surface area (Å²) in [5, 5.41) is 15.5. The van der Waals surface area contributed by atoms with Crippen LogP contribution in [0.2, 0.25) is 0 Å². The van der Waals surface area contributed by atoms with E-state index >= 15 is 0 Å². The topological polar surface area (TPSA) is 98.3 Å². The molecule has 0 aromatic carbocycles. The van der Waals surface area contributed by atoms with Gasteiger partial charge >= 0.3 is 0 Å². The fourth-order valence-electron chi connectivity index (χ4n) is 2.11. The number of rotatable bonds is 7. The Bertz CT molecular complexity index is 549. The van der Waals surface area contributed by atoms with Crippen molar-refractivity contribution < 1.29 is 13.5 Å². The lowest BCUT2D eigenvalue weighted by molar-refractivity contribution is 0.242. The molecule has 0 atom stereocenters. The van der Waals surface area contributed by atoms with Crippen molar-refractivity contribution in [3.05, 3.63) is 11.3 Å². The molecule has 0 saturated heterocycles. The fourth-order valence-corrected chi connectivity index (χ4v) is 3.53. The zero-order chi connectivity index (χ0) is 15.6. The lowest BCUT2D eigenvalue weighted by Gasteiger charge is -2.28. The van der Waals surface area contributed by atoms with Crippen molar-refractivity contribution in [3.8, 4) is 0 Å². The van der Waals surface area contributed by atoms with Crippen molar-refractivity contribution in [2.24, 2.45) is 5.41 Å². The average Bonchev–Trinajstić information content (AvgIpc) is 2.67. The summed E-state index contributed by atoms with van der Waals surface area (Å²) in [5.74, 6) is 0. The average molecular weight is 304 g/mol. The maximum absolute atomic E-state index is 12.2. The van der Waals surface area contributed by atoms with Gasteiger partial charge in [0.05, 0.1) is 6.61 Å². The standard InChI is InChI=1S/C12H24N4O3S/c1-9-10(6-17)11(15-14-9)20(18,19)13-7-12(2,3)8-16(4)5/h13,17H,6-8H2,1-5H3,(H,14,15). The van der Waals surface area contributed by atoms with Crippen LogP contribution in [0.1, 0.15) is 25.1 Å². The highest BCUT2D eigenvalue weighted by Gasteiger charge is 2.27. The van der Waals surface area contributed by atoms with E-state index in [1.54, 1.807) is 6.92 Å². The third kappa shape index (κ3) is 4.27. The second-order valence-corrected chi connectivity index (χ2v) is 7.70. The minimum absolute atomic E-state index is 0.127. The van der Waals surface area contributed by atoms with E-state index in [9.17, 15) is 13.5 Å². The van der Waals surface area contributed by atoms with Gasteiger partial charge in [-0.1, -0.05) is 13.8 Å². The second-order valence-electron chi connectivity index (χ2n) is 6.02.